The average Bonchev–Trinajstić information content (AvgIpc) is 3.37. The molecule has 0 radical (unpaired) electrons. The minimum Gasteiger partial charge on any atom is -0.337 e. The number of hydrogen-bond acceptors (Lipinski definition) is 5. The first kappa shape index (κ1) is 23.8. The third-order valence-corrected chi connectivity index (χ3v) is 6.79. The summed E-state index contributed by atoms with van der Waals surface area (Å²) in [5.41, 5.74) is 2.61. The lowest BCUT2D eigenvalue weighted by Gasteiger charge is -2.20. The zero-order valence-electron chi connectivity index (χ0n) is 19.2. The van der Waals surface area contributed by atoms with Gasteiger partial charge in [0.15, 0.2) is 5.03 Å². The summed E-state index contributed by atoms with van der Waals surface area (Å²) in [6.45, 7) is 9.30. The van der Waals surface area contributed by atoms with Gasteiger partial charge >= 0.3 is 6.03 Å². The Morgan fingerprint density at radius 3 is 2.12 bits per heavy atom. The van der Waals surface area contributed by atoms with Crippen LogP contribution in [0.1, 0.15) is 74.0 Å². The Labute approximate surface area is 189 Å². The van der Waals surface area contributed by atoms with Crippen molar-refractivity contribution in [1.82, 2.24) is 19.4 Å². The smallest absolute Gasteiger partial charge is 0.333 e. The third kappa shape index (κ3) is 4.95. The number of aryl methyl sites for hydroxylation is 1. The van der Waals surface area contributed by atoms with Crippen molar-refractivity contribution < 1.29 is 18.0 Å². The highest BCUT2D eigenvalue weighted by Gasteiger charge is 2.28. The summed E-state index contributed by atoms with van der Waals surface area (Å²) in [4.78, 5) is 27.0. The maximum atomic E-state index is 12.8. The molecule has 1 fully saturated rings. The van der Waals surface area contributed by atoms with Crippen LogP contribution in [0.15, 0.2) is 29.3 Å². The Hall–Kier alpha value is -2.88. The normalized spacial score (nSPS) is 14.3. The topological polar surface area (TPSA) is 113 Å². The number of carbonyl (C=O) groups excluding carboxylic acids is 2. The number of anilines is 1. The van der Waals surface area contributed by atoms with Gasteiger partial charge in [-0.05, 0) is 35.8 Å². The van der Waals surface area contributed by atoms with Crippen LogP contribution in [0.25, 0.3) is 0 Å². The zero-order valence-corrected chi connectivity index (χ0v) is 20.0. The van der Waals surface area contributed by atoms with E-state index in [0.717, 1.165) is 24.0 Å². The highest BCUT2D eigenvalue weighted by Crippen LogP contribution is 2.32. The Bertz CT molecular complexity index is 1090. The van der Waals surface area contributed by atoms with Gasteiger partial charge in [-0.3, -0.25) is 9.48 Å². The summed E-state index contributed by atoms with van der Waals surface area (Å²) < 4.78 is 28.9. The largest absolute Gasteiger partial charge is 0.337 e. The van der Waals surface area contributed by atoms with E-state index >= 15 is 0 Å². The second-order valence-corrected chi connectivity index (χ2v) is 10.3. The second-order valence-electron chi connectivity index (χ2n) is 8.67. The molecular weight excluding hydrogens is 430 g/mol. The maximum absolute atomic E-state index is 12.8. The summed E-state index contributed by atoms with van der Waals surface area (Å²) in [5.74, 6) is 0.00180. The van der Waals surface area contributed by atoms with Crippen LogP contribution < -0.4 is 10.0 Å². The van der Waals surface area contributed by atoms with E-state index in [1.165, 1.54) is 17.8 Å². The zero-order chi connectivity index (χ0) is 23.6. The van der Waals surface area contributed by atoms with Crippen molar-refractivity contribution in [3.63, 3.8) is 0 Å². The van der Waals surface area contributed by atoms with Crippen LogP contribution in [0.3, 0.4) is 0 Å². The predicted octanol–water partition coefficient (Wildman–Crippen LogP) is 3.41. The van der Waals surface area contributed by atoms with Crippen molar-refractivity contribution in [2.24, 2.45) is 7.05 Å². The molecular formula is C22H31N5O4S. The molecule has 0 atom stereocenters. The molecule has 1 saturated heterocycles. The van der Waals surface area contributed by atoms with Gasteiger partial charge in [-0.15, -0.1) is 0 Å². The fourth-order valence-electron chi connectivity index (χ4n) is 3.86. The number of nitrogens with zero attached hydrogens (tertiary/aromatic N) is 3. The molecule has 3 rings (SSSR count). The number of amides is 3. The lowest BCUT2D eigenvalue weighted by atomic mass is 9.93. The average molecular weight is 462 g/mol. The van der Waals surface area contributed by atoms with Gasteiger partial charge in [0.25, 0.3) is 15.9 Å². The molecule has 1 aliphatic rings. The highest BCUT2D eigenvalue weighted by atomic mass is 32.2. The van der Waals surface area contributed by atoms with Crippen LogP contribution in [0.2, 0.25) is 0 Å². The SMILES string of the molecule is CC(C)c1cccc(C(C)C)c1NC(=O)NS(=O)(=O)c1cc(C(=O)N2CCCC2)n(C)n1. The van der Waals surface area contributed by atoms with Gasteiger partial charge in [-0.1, -0.05) is 45.9 Å². The van der Waals surface area contributed by atoms with E-state index in [-0.39, 0.29) is 28.5 Å². The van der Waals surface area contributed by atoms with Gasteiger partial charge in [0, 0.05) is 31.9 Å². The van der Waals surface area contributed by atoms with Crippen molar-refractivity contribution in [2.45, 2.75) is 57.4 Å². The first-order valence-electron chi connectivity index (χ1n) is 10.8. The van der Waals surface area contributed by atoms with Crippen molar-refractivity contribution in [3.8, 4) is 0 Å². The number of carbonyl (C=O) groups is 2. The number of benzene rings is 1. The third-order valence-electron chi connectivity index (χ3n) is 5.58. The van der Waals surface area contributed by atoms with Crippen molar-refractivity contribution in [3.05, 3.63) is 41.1 Å². The minimum atomic E-state index is -4.27. The Balaban J connectivity index is 1.82. The molecule has 2 aromatic rings. The summed E-state index contributed by atoms with van der Waals surface area (Å²) in [6.07, 6.45) is 1.85. The van der Waals surface area contributed by atoms with Crippen LogP contribution >= 0.6 is 0 Å². The van der Waals surface area contributed by atoms with Crippen molar-refractivity contribution in [1.29, 1.82) is 0 Å². The molecule has 2 N–H and O–H groups in total. The van der Waals surface area contributed by atoms with E-state index in [2.05, 4.69) is 10.4 Å². The number of rotatable bonds is 6. The van der Waals surface area contributed by atoms with Crippen LogP contribution in [0, 0.1) is 0 Å². The van der Waals surface area contributed by atoms with E-state index in [1.807, 2.05) is 50.6 Å². The minimum absolute atomic E-state index is 0.135. The van der Waals surface area contributed by atoms with E-state index in [4.69, 9.17) is 0 Å². The van der Waals surface area contributed by atoms with Gasteiger partial charge in [0.2, 0.25) is 0 Å². The first-order valence-corrected chi connectivity index (χ1v) is 12.3. The molecule has 1 aromatic carbocycles. The van der Waals surface area contributed by atoms with E-state index in [9.17, 15) is 18.0 Å². The number of aromatic nitrogens is 2. The van der Waals surface area contributed by atoms with Crippen LogP contribution in [-0.4, -0.2) is 48.1 Å². The molecule has 0 spiro atoms. The van der Waals surface area contributed by atoms with Crippen molar-refractivity contribution in [2.75, 3.05) is 18.4 Å². The molecule has 9 nitrogen and oxygen atoms in total. The number of hydrogen-bond donors (Lipinski definition) is 2. The highest BCUT2D eigenvalue weighted by molar-refractivity contribution is 7.90. The summed E-state index contributed by atoms with van der Waals surface area (Å²) >= 11 is 0. The van der Waals surface area contributed by atoms with Crippen LogP contribution in [0.4, 0.5) is 10.5 Å². The standard InChI is InChI=1S/C22H31N5O4S/c1-14(2)16-9-8-10-17(15(3)4)20(16)23-22(29)25-32(30,31)19-13-18(26(5)24-19)21(28)27-11-6-7-12-27/h8-10,13-15H,6-7,11-12H2,1-5H3,(H2,23,25,29). The monoisotopic (exact) mass is 461 g/mol. The first-order chi connectivity index (χ1) is 15.0. The van der Waals surface area contributed by atoms with Gasteiger partial charge in [-0.25, -0.2) is 9.52 Å². The molecule has 0 bridgehead atoms. The van der Waals surface area contributed by atoms with E-state index in [1.54, 1.807) is 4.90 Å². The molecule has 0 aliphatic carbocycles. The summed E-state index contributed by atoms with van der Waals surface area (Å²) in [6, 6.07) is 6.08. The number of sulfonamides is 1. The van der Waals surface area contributed by atoms with Crippen molar-refractivity contribution >= 4 is 27.6 Å². The Morgan fingerprint density at radius 2 is 1.59 bits per heavy atom. The van der Waals surface area contributed by atoms with Gasteiger partial charge in [0.05, 0.1) is 0 Å². The van der Waals surface area contributed by atoms with Gasteiger partial charge in [0.1, 0.15) is 5.69 Å². The molecule has 0 unspecified atom stereocenters. The van der Waals surface area contributed by atoms with Crippen LogP contribution in [-0.2, 0) is 17.1 Å². The molecule has 2 heterocycles. The lowest BCUT2D eigenvalue weighted by molar-refractivity contribution is 0.0782. The molecule has 3 amide bonds. The van der Waals surface area contributed by atoms with E-state index in [0.29, 0.717) is 18.8 Å². The molecule has 0 saturated carbocycles. The summed E-state index contributed by atoms with van der Waals surface area (Å²) in [7, 11) is -2.76. The summed E-state index contributed by atoms with van der Waals surface area (Å²) in [5, 5.41) is 6.31. The predicted molar refractivity (Wildman–Crippen MR) is 122 cm³/mol. The number of likely N-dealkylation sites (tertiary alicyclic amines) is 1. The Morgan fingerprint density at radius 1 is 1.03 bits per heavy atom. The molecule has 1 aliphatic heterocycles. The number of nitrogens with one attached hydrogen (secondary N) is 2. The fraction of sp³-hybridized carbons (Fsp3) is 0.500. The molecule has 32 heavy (non-hydrogen) atoms. The van der Waals surface area contributed by atoms with Gasteiger partial charge < -0.3 is 10.2 Å². The quantitative estimate of drug-likeness (QED) is 0.684. The van der Waals surface area contributed by atoms with E-state index < -0.39 is 16.1 Å². The number of urea groups is 1. The maximum Gasteiger partial charge on any atom is 0.333 e. The van der Waals surface area contributed by atoms with Gasteiger partial charge in [-0.2, -0.15) is 13.5 Å². The second kappa shape index (κ2) is 9.32. The van der Waals surface area contributed by atoms with Crippen LogP contribution in [0.5, 0.6) is 0 Å². The Kier molecular flexibility index (Phi) is 6.92. The number of para-hydroxylation sites is 1. The molecule has 174 valence electrons. The lowest BCUT2D eigenvalue weighted by Crippen LogP contribution is -2.35. The fourth-order valence-corrected chi connectivity index (χ4v) is 4.76. The molecule has 1 aromatic heterocycles. The molecule has 10 heteroatoms.